The van der Waals surface area contributed by atoms with Gasteiger partial charge in [0.2, 0.25) is 0 Å². The molecule has 0 fully saturated rings. The molecule has 4 heterocycles. The highest BCUT2D eigenvalue weighted by atomic mass is 16.4. The third-order valence-corrected chi connectivity index (χ3v) is 3.99. The Balaban J connectivity index is 1.47. The van der Waals surface area contributed by atoms with Crippen LogP contribution in [-0.4, -0.2) is 25.0 Å². The quantitative estimate of drug-likeness (QED) is 0.802. The molecule has 0 saturated carbocycles. The summed E-state index contributed by atoms with van der Waals surface area (Å²) >= 11 is 0. The molecule has 0 aromatic carbocycles. The van der Waals surface area contributed by atoms with E-state index in [1.807, 2.05) is 10.8 Å². The van der Waals surface area contributed by atoms with Gasteiger partial charge in [0.25, 0.3) is 5.91 Å². The number of anilines is 1. The third-order valence-electron chi connectivity index (χ3n) is 3.99. The lowest BCUT2D eigenvalue weighted by atomic mass is 10.2. The van der Waals surface area contributed by atoms with Crippen LogP contribution >= 0.6 is 0 Å². The fourth-order valence-electron chi connectivity index (χ4n) is 2.84. The van der Waals surface area contributed by atoms with Crippen LogP contribution in [0.25, 0.3) is 0 Å². The topological polar surface area (TPSA) is 77.9 Å². The molecular weight excluding hydrogens is 294 g/mol. The molecule has 1 aliphatic heterocycles. The zero-order chi connectivity index (χ0) is 15.6. The van der Waals surface area contributed by atoms with Crippen molar-refractivity contribution in [1.82, 2.24) is 19.1 Å². The number of aromatic nitrogens is 4. The Morgan fingerprint density at radius 3 is 3.17 bits per heavy atom. The normalized spacial score (nSPS) is 13.7. The fourth-order valence-corrected chi connectivity index (χ4v) is 2.84. The highest BCUT2D eigenvalue weighted by molar-refractivity contribution is 6.01. The van der Waals surface area contributed by atoms with Crippen LogP contribution in [-0.2, 0) is 19.5 Å². The van der Waals surface area contributed by atoms with Gasteiger partial charge in [0.05, 0.1) is 19.1 Å². The SMILES string of the molecule is O=C(Nc1cnc2n1CCCC2)c1ccc(Cn2ccnc2)o1. The highest BCUT2D eigenvalue weighted by Crippen LogP contribution is 2.20. The summed E-state index contributed by atoms with van der Waals surface area (Å²) in [5, 5.41) is 2.89. The van der Waals surface area contributed by atoms with E-state index in [9.17, 15) is 4.79 Å². The third kappa shape index (κ3) is 2.77. The van der Waals surface area contributed by atoms with E-state index in [1.165, 1.54) is 0 Å². The van der Waals surface area contributed by atoms with Gasteiger partial charge in [0.1, 0.15) is 17.4 Å². The number of carbonyl (C=O) groups excluding carboxylic acids is 1. The first-order valence-electron chi connectivity index (χ1n) is 7.70. The van der Waals surface area contributed by atoms with E-state index in [2.05, 4.69) is 19.9 Å². The van der Waals surface area contributed by atoms with Crippen LogP contribution in [0.3, 0.4) is 0 Å². The zero-order valence-corrected chi connectivity index (χ0v) is 12.6. The van der Waals surface area contributed by atoms with Crippen LogP contribution < -0.4 is 5.32 Å². The molecule has 0 saturated heterocycles. The Morgan fingerprint density at radius 2 is 2.30 bits per heavy atom. The lowest BCUT2D eigenvalue weighted by molar-refractivity contribution is 0.0994. The Bertz CT molecular complexity index is 816. The molecule has 7 nitrogen and oxygen atoms in total. The van der Waals surface area contributed by atoms with Crippen molar-refractivity contribution >= 4 is 11.7 Å². The minimum absolute atomic E-state index is 0.254. The number of carbonyl (C=O) groups is 1. The molecule has 0 bridgehead atoms. The van der Waals surface area contributed by atoms with Crippen molar-refractivity contribution in [2.45, 2.75) is 32.4 Å². The summed E-state index contributed by atoms with van der Waals surface area (Å²) in [6, 6.07) is 3.50. The molecule has 0 unspecified atom stereocenters. The van der Waals surface area contributed by atoms with E-state index in [-0.39, 0.29) is 5.91 Å². The molecule has 3 aromatic heterocycles. The van der Waals surface area contributed by atoms with Gasteiger partial charge in [-0.3, -0.25) is 4.79 Å². The van der Waals surface area contributed by atoms with E-state index in [4.69, 9.17) is 4.42 Å². The summed E-state index contributed by atoms with van der Waals surface area (Å²) in [6.45, 7) is 1.45. The monoisotopic (exact) mass is 311 g/mol. The summed E-state index contributed by atoms with van der Waals surface area (Å²) in [5.74, 6) is 2.52. The molecular formula is C16H17N5O2. The predicted octanol–water partition coefficient (Wildman–Crippen LogP) is 2.31. The second-order valence-electron chi connectivity index (χ2n) is 5.62. The van der Waals surface area contributed by atoms with Crippen LogP contribution in [0.2, 0.25) is 0 Å². The number of aryl methyl sites for hydroxylation is 1. The van der Waals surface area contributed by atoms with Gasteiger partial charge < -0.3 is 18.9 Å². The van der Waals surface area contributed by atoms with E-state index >= 15 is 0 Å². The summed E-state index contributed by atoms with van der Waals surface area (Å²) in [6.07, 6.45) is 10.2. The maximum Gasteiger partial charge on any atom is 0.292 e. The summed E-state index contributed by atoms with van der Waals surface area (Å²) < 4.78 is 9.57. The van der Waals surface area contributed by atoms with Gasteiger partial charge in [0, 0.05) is 25.4 Å². The second kappa shape index (κ2) is 5.75. The first-order valence-corrected chi connectivity index (χ1v) is 7.70. The lowest BCUT2D eigenvalue weighted by Crippen LogP contribution is -2.17. The Kier molecular flexibility index (Phi) is 3.45. The summed E-state index contributed by atoms with van der Waals surface area (Å²) in [7, 11) is 0. The number of nitrogens with zero attached hydrogens (tertiary/aromatic N) is 4. The maximum absolute atomic E-state index is 12.3. The average molecular weight is 311 g/mol. The summed E-state index contributed by atoms with van der Waals surface area (Å²) in [5.41, 5.74) is 0. The molecule has 0 atom stereocenters. The number of furan rings is 1. The minimum Gasteiger partial charge on any atom is -0.454 e. The van der Waals surface area contributed by atoms with Crippen molar-refractivity contribution in [1.29, 1.82) is 0 Å². The molecule has 1 aliphatic rings. The first kappa shape index (κ1) is 13.8. The van der Waals surface area contributed by atoms with Crippen molar-refractivity contribution < 1.29 is 9.21 Å². The molecule has 0 radical (unpaired) electrons. The number of hydrogen-bond donors (Lipinski definition) is 1. The largest absolute Gasteiger partial charge is 0.454 e. The lowest BCUT2D eigenvalue weighted by Gasteiger charge is -2.16. The Hall–Kier alpha value is -2.83. The predicted molar refractivity (Wildman–Crippen MR) is 83.2 cm³/mol. The van der Waals surface area contributed by atoms with Crippen LogP contribution in [0, 0.1) is 0 Å². The van der Waals surface area contributed by atoms with Crippen LogP contribution in [0.5, 0.6) is 0 Å². The van der Waals surface area contributed by atoms with E-state index in [1.54, 1.807) is 30.9 Å². The molecule has 0 aliphatic carbocycles. The maximum atomic E-state index is 12.3. The van der Waals surface area contributed by atoms with E-state index in [0.29, 0.717) is 18.1 Å². The van der Waals surface area contributed by atoms with Crippen molar-refractivity contribution in [3.63, 3.8) is 0 Å². The van der Waals surface area contributed by atoms with Crippen LogP contribution in [0.15, 0.2) is 41.5 Å². The van der Waals surface area contributed by atoms with Crippen molar-refractivity contribution in [2.24, 2.45) is 0 Å². The van der Waals surface area contributed by atoms with Crippen molar-refractivity contribution in [3.05, 3.63) is 54.4 Å². The molecule has 1 N–H and O–H groups in total. The number of fused-ring (bicyclic) bond motifs is 1. The minimum atomic E-state index is -0.254. The number of hydrogen-bond acceptors (Lipinski definition) is 4. The van der Waals surface area contributed by atoms with E-state index in [0.717, 1.165) is 37.4 Å². The molecule has 3 aromatic rings. The van der Waals surface area contributed by atoms with Gasteiger partial charge >= 0.3 is 0 Å². The number of nitrogens with one attached hydrogen (secondary N) is 1. The molecule has 0 spiro atoms. The van der Waals surface area contributed by atoms with Gasteiger partial charge in [-0.1, -0.05) is 0 Å². The first-order chi connectivity index (χ1) is 11.3. The van der Waals surface area contributed by atoms with E-state index < -0.39 is 0 Å². The average Bonchev–Trinajstić information content (AvgIpc) is 3.29. The van der Waals surface area contributed by atoms with Crippen molar-refractivity contribution in [2.75, 3.05) is 5.32 Å². The van der Waals surface area contributed by atoms with Gasteiger partial charge in [-0.15, -0.1) is 0 Å². The van der Waals surface area contributed by atoms with Crippen LogP contribution in [0.1, 0.15) is 35.0 Å². The molecule has 4 rings (SSSR count). The molecule has 7 heteroatoms. The van der Waals surface area contributed by atoms with Gasteiger partial charge in [-0.25, -0.2) is 9.97 Å². The Morgan fingerprint density at radius 1 is 1.35 bits per heavy atom. The fraction of sp³-hybridized carbons (Fsp3) is 0.312. The molecule has 118 valence electrons. The highest BCUT2D eigenvalue weighted by Gasteiger charge is 2.18. The summed E-state index contributed by atoms with van der Waals surface area (Å²) in [4.78, 5) is 20.7. The number of amides is 1. The Labute approximate surface area is 133 Å². The number of rotatable bonds is 4. The van der Waals surface area contributed by atoms with Gasteiger partial charge in [0.15, 0.2) is 5.76 Å². The zero-order valence-electron chi connectivity index (χ0n) is 12.6. The number of imidazole rings is 2. The standard InChI is InChI=1S/C16H17N5O2/c22-16(19-15-9-18-14-3-1-2-7-21(14)15)13-5-4-12(23-13)10-20-8-6-17-11-20/h4-6,8-9,11H,1-3,7,10H2,(H,19,22). The van der Waals surface area contributed by atoms with Gasteiger partial charge in [-0.2, -0.15) is 0 Å². The van der Waals surface area contributed by atoms with Crippen LogP contribution in [0.4, 0.5) is 5.82 Å². The smallest absolute Gasteiger partial charge is 0.292 e. The molecule has 23 heavy (non-hydrogen) atoms. The van der Waals surface area contributed by atoms with Gasteiger partial charge in [-0.05, 0) is 25.0 Å². The second-order valence-corrected chi connectivity index (χ2v) is 5.62. The van der Waals surface area contributed by atoms with Crippen molar-refractivity contribution in [3.8, 4) is 0 Å². The molecule has 1 amide bonds.